The summed E-state index contributed by atoms with van der Waals surface area (Å²) in [6, 6.07) is 15.4. The summed E-state index contributed by atoms with van der Waals surface area (Å²) in [4.78, 5) is 27.5. The highest BCUT2D eigenvalue weighted by Crippen LogP contribution is 2.21. The number of rotatable bonds is 12. The number of hydrogen-bond donors (Lipinski definition) is 5. The first-order chi connectivity index (χ1) is 19.6. The fourth-order valence-electron chi connectivity index (χ4n) is 5.21. The smallest absolute Gasteiger partial charge is 0.251 e. The van der Waals surface area contributed by atoms with E-state index in [-0.39, 0.29) is 11.7 Å². The molecule has 1 saturated heterocycles. The number of nitrogens with zero attached hydrogens (tertiary/aromatic N) is 3. The van der Waals surface area contributed by atoms with Gasteiger partial charge in [-0.3, -0.25) is 10.2 Å². The number of carbonyl (C=O) groups excluding carboxylic acids is 1. The highest BCUT2D eigenvalue weighted by atomic mass is 16.1. The van der Waals surface area contributed by atoms with Crippen molar-refractivity contribution in [3.8, 4) is 11.3 Å². The minimum atomic E-state index is -0.117. The fourth-order valence-corrected chi connectivity index (χ4v) is 5.21. The van der Waals surface area contributed by atoms with Gasteiger partial charge in [-0.2, -0.15) is 0 Å². The van der Waals surface area contributed by atoms with E-state index in [9.17, 15) is 4.79 Å². The molecule has 208 valence electrons. The first-order valence-corrected chi connectivity index (χ1v) is 14.2. The number of unbranched alkanes of at least 4 members (excludes halogenated alkanes) is 1. The van der Waals surface area contributed by atoms with Crippen molar-refractivity contribution in [2.24, 2.45) is 5.73 Å². The van der Waals surface area contributed by atoms with Crippen molar-refractivity contribution in [1.82, 2.24) is 25.2 Å². The third-order valence-corrected chi connectivity index (χ3v) is 7.47. The van der Waals surface area contributed by atoms with Crippen LogP contribution in [0.25, 0.3) is 22.2 Å². The van der Waals surface area contributed by atoms with Crippen LogP contribution in [0.4, 0.5) is 5.95 Å². The fraction of sp³-hybridized carbons (Fsp3) is 0.355. The van der Waals surface area contributed by atoms with Crippen LogP contribution in [-0.4, -0.2) is 64.3 Å². The number of aromatic amines is 1. The van der Waals surface area contributed by atoms with E-state index in [0.29, 0.717) is 30.0 Å². The van der Waals surface area contributed by atoms with Crippen molar-refractivity contribution < 1.29 is 4.79 Å². The summed E-state index contributed by atoms with van der Waals surface area (Å²) in [6.45, 7) is 5.02. The zero-order valence-electron chi connectivity index (χ0n) is 22.9. The van der Waals surface area contributed by atoms with E-state index in [0.717, 1.165) is 40.7 Å². The molecule has 6 N–H and O–H groups in total. The quantitative estimate of drug-likeness (QED) is 0.102. The molecule has 1 amide bonds. The Morgan fingerprint density at radius 1 is 1.02 bits per heavy atom. The van der Waals surface area contributed by atoms with E-state index in [4.69, 9.17) is 11.1 Å². The number of H-pyrrole nitrogens is 1. The van der Waals surface area contributed by atoms with Gasteiger partial charge in [-0.25, -0.2) is 9.97 Å². The van der Waals surface area contributed by atoms with Gasteiger partial charge in [0.2, 0.25) is 5.95 Å². The lowest BCUT2D eigenvalue weighted by molar-refractivity contribution is 0.0954. The van der Waals surface area contributed by atoms with Crippen LogP contribution in [0.5, 0.6) is 0 Å². The number of anilines is 1. The van der Waals surface area contributed by atoms with Gasteiger partial charge >= 0.3 is 0 Å². The molecular weight excluding hydrogens is 500 g/mol. The molecule has 2 aromatic heterocycles. The lowest BCUT2D eigenvalue weighted by atomic mass is 10.1. The second-order valence-corrected chi connectivity index (χ2v) is 10.4. The maximum atomic E-state index is 12.7. The first kappa shape index (κ1) is 27.3. The summed E-state index contributed by atoms with van der Waals surface area (Å²) in [7, 11) is 0. The van der Waals surface area contributed by atoms with E-state index >= 15 is 0 Å². The van der Waals surface area contributed by atoms with E-state index in [1.807, 2.05) is 48.5 Å². The van der Waals surface area contributed by atoms with Crippen LogP contribution in [0.15, 0.2) is 60.9 Å². The van der Waals surface area contributed by atoms with Gasteiger partial charge < -0.3 is 26.3 Å². The first-order valence-electron chi connectivity index (χ1n) is 14.2. The van der Waals surface area contributed by atoms with Gasteiger partial charge in [0, 0.05) is 53.1 Å². The van der Waals surface area contributed by atoms with Crippen LogP contribution in [0.1, 0.15) is 53.6 Å². The molecule has 0 radical (unpaired) electrons. The van der Waals surface area contributed by atoms with Crippen LogP contribution in [0, 0.1) is 5.41 Å². The molecular formula is C31H38N8O. The standard InChI is InChI=1S/C31H38N8O/c32-29(33)26-21-37-28-11-6-22(20-25(26)28)12-15-34-30(40)24-9-7-23(8-10-24)27-13-16-36-31(38-27)35-14-2-5-19-39-17-3-1-4-18-39/h6-11,13,16,20-21,37H,1-5,12,14-15,17-19H2,(H3,32,33)(H,34,40)(H,35,36,38). The average molecular weight is 539 g/mol. The highest BCUT2D eigenvalue weighted by molar-refractivity contribution is 6.07. The molecule has 40 heavy (non-hydrogen) atoms. The molecule has 1 aliphatic heterocycles. The van der Waals surface area contributed by atoms with Crippen molar-refractivity contribution in [2.75, 3.05) is 38.0 Å². The predicted octanol–water partition coefficient (Wildman–Crippen LogP) is 4.56. The van der Waals surface area contributed by atoms with Crippen LogP contribution in [0.2, 0.25) is 0 Å². The van der Waals surface area contributed by atoms with Gasteiger partial charge in [0.15, 0.2) is 0 Å². The predicted molar refractivity (Wildman–Crippen MR) is 161 cm³/mol. The Bertz CT molecular complexity index is 1440. The SMILES string of the molecule is N=C(N)c1c[nH]c2ccc(CCNC(=O)c3ccc(-c4ccnc(NCCCCN5CCCCC5)n4)cc3)cc12. The summed E-state index contributed by atoms with van der Waals surface area (Å²) in [5.41, 5.74) is 10.7. The number of fused-ring (bicyclic) bond motifs is 1. The molecule has 3 heterocycles. The Labute approximate surface area is 235 Å². The van der Waals surface area contributed by atoms with Crippen molar-refractivity contribution in [1.29, 1.82) is 5.41 Å². The molecule has 0 spiro atoms. The molecule has 1 aliphatic rings. The van der Waals surface area contributed by atoms with Gasteiger partial charge in [-0.15, -0.1) is 0 Å². The molecule has 5 rings (SSSR count). The summed E-state index contributed by atoms with van der Waals surface area (Å²) in [6.07, 6.45) is 10.5. The second kappa shape index (κ2) is 13.2. The van der Waals surface area contributed by atoms with Crippen LogP contribution < -0.4 is 16.4 Å². The molecule has 0 aliphatic carbocycles. The van der Waals surface area contributed by atoms with E-state index in [2.05, 4.69) is 30.5 Å². The lowest BCUT2D eigenvalue weighted by Gasteiger charge is -2.26. The average Bonchev–Trinajstić information content (AvgIpc) is 3.41. The normalized spacial score (nSPS) is 13.8. The number of aromatic nitrogens is 3. The number of nitrogen functional groups attached to an aromatic ring is 1. The van der Waals surface area contributed by atoms with Crippen LogP contribution in [0.3, 0.4) is 0 Å². The van der Waals surface area contributed by atoms with E-state index < -0.39 is 0 Å². The molecule has 2 aromatic carbocycles. The summed E-state index contributed by atoms with van der Waals surface area (Å²) < 4.78 is 0. The number of nitrogens with two attached hydrogens (primary N) is 1. The minimum absolute atomic E-state index is 0.0353. The topological polar surface area (TPSA) is 136 Å². The lowest BCUT2D eigenvalue weighted by Crippen LogP contribution is -2.30. The van der Waals surface area contributed by atoms with Gasteiger partial charge in [0.25, 0.3) is 5.91 Å². The number of amides is 1. The zero-order valence-corrected chi connectivity index (χ0v) is 22.9. The summed E-state index contributed by atoms with van der Waals surface area (Å²) in [5.74, 6) is 0.548. The summed E-state index contributed by atoms with van der Waals surface area (Å²) >= 11 is 0. The number of likely N-dealkylation sites (tertiary alicyclic amines) is 1. The molecule has 0 unspecified atom stereocenters. The Balaban J connectivity index is 1.09. The van der Waals surface area contributed by atoms with Crippen LogP contribution in [-0.2, 0) is 6.42 Å². The van der Waals surface area contributed by atoms with Crippen molar-refractivity contribution in [3.63, 3.8) is 0 Å². The molecule has 9 heteroatoms. The molecule has 9 nitrogen and oxygen atoms in total. The second-order valence-electron chi connectivity index (χ2n) is 10.4. The Morgan fingerprint density at radius 3 is 2.65 bits per heavy atom. The van der Waals surface area contributed by atoms with Gasteiger partial charge in [0.1, 0.15) is 5.84 Å². The molecule has 0 bridgehead atoms. The number of hydrogen-bond acceptors (Lipinski definition) is 6. The van der Waals surface area contributed by atoms with Crippen molar-refractivity contribution in [2.45, 2.75) is 38.5 Å². The highest BCUT2D eigenvalue weighted by Gasteiger charge is 2.11. The Kier molecular flexibility index (Phi) is 9.03. The maximum absolute atomic E-state index is 12.7. The molecule has 4 aromatic rings. The molecule has 0 saturated carbocycles. The zero-order chi connectivity index (χ0) is 27.7. The van der Waals surface area contributed by atoms with Gasteiger partial charge in [-0.05, 0) is 87.6 Å². The summed E-state index contributed by atoms with van der Waals surface area (Å²) in [5, 5.41) is 15.0. The van der Waals surface area contributed by atoms with Gasteiger partial charge in [0.05, 0.1) is 5.69 Å². The third kappa shape index (κ3) is 7.04. The van der Waals surface area contributed by atoms with Gasteiger partial charge in [-0.1, -0.05) is 24.6 Å². The Hall–Kier alpha value is -4.24. The van der Waals surface area contributed by atoms with Crippen molar-refractivity contribution in [3.05, 3.63) is 77.6 Å². The van der Waals surface area contributed by atoms with E-state index in [1.165, 1.54) is 45.3 Å². The Morgan fingerprint density at radius 2 is 1.85 bits per heavy atom. The maximum Gasteiger partial charge on any atom is 0.251 e. The monoisotopic (exact) mass is 538 g/mol. The number of benzene rings is 2. The number of nitrogens with one attached hydrogen (secondary N) is 4. The largest absolute Gasteiger partial charge is 0.384 e. The number of carbonyl (C=O) groups is 1. The minimum Gasteiger partial charge on any atom is -0.384 e. The molecule has 1 fully saturated rings. The molecule has 0 atom stereocenters. The number of amidine groups is 1. The third-order valence-electron chi connectivity index (χ3n) is 7.47. The van der Waals surface area contributed by atoms with E-state index in [1.54, 1.807) is 12.4 Å². The number of piperidine rings is 1. The van der Waals surface area contributed by atoms with Crippen molar-refractivity contribution >= 4 is 28.6 Å². The van der Waals surface area contributed by atoms with Crippen LogP contribution >= 0.6 is 0 Å².